The molecule has 0 saturated carbocycles. The molecule has 0 bridgehead atoms. The van der Waals surface area contributed by atoms with Crippen molar-refractivity contribution in [1.82, 2.24) is 4.90 Å². The lowest BCUT2D eigenvalue weighted by Crippen LogP contribution is -2.34. The molecule has 1 aromatic rings. The summed E-state index contributed by atoms with van der Waals surface area (Å²) in [6.07, 6.45) is 1.03. The van der Waals surface area contributed by atoms with E-state index >= 15 is 0 Å². The Hall–Kier alpha value is -2.04. The second-order valence-corrected chi connectivity index (χ2v) is 6.27. The molecule has 2 atom stereocenters. The number of nitrogens with zero attached hydrogens (tertiary/aromatic N) is 1. The molecule has 1 aliphatic rings. The zero-order chi connectivity index (χ0) is 16.4. The number of hydrogen-bond donors (Lipinski definition) is 1. The van der Waals surface area contributed by atoms with Gasteiger partial charge in [0.15, 0.2) is 6.61 Å². The maximum atomic E-state index is 12.7. The minimum atomic E-state index is -1.01. The van der Waals surface area contributed by atoms with E-state index < -0.39 is 5.97 Å². The first-order valence-corrected chi connectivity index (χ1v) is 7.56. The topological polar surface area (TPSA) is 66.8 Å². The highest BCUT2D eigenvalue weighted by Gasteiger charge is 2.30. The Morgan fingerprint density at radius 1 is 1.27 bits per heavy atom. The standard InChI is InChI=1S/C17H23NO4/c1-10-5-13(4)18(8-10)17(21)14-6-11(2)16(12(3)7-14)22-9-15(19)20/h6-7,10,13H,5,8-9H2,1-4H3,(H,19,20). The molecule has 1 N–H and O–H groups in total. The van der Waals surface area contributed by atoms with Crippen molar-refractivity contribution in [2.24, 2.45) is 5.92 Å². The molecule has 0 aliphatic carbocycles. The van der Waals surface area contributed by atoms with E-state index in [1.54, 1.807) is 12.1 Å². The van der Waals surface area contributed by atoms with E-state index in [-0.39, 0.29) is 18.6 Å². The van der Waals surface area contributed by atoms with Crippen molar-refractivity contribution < 1.29 is 19.4 Å². The van der Waals surface area contributed by atoms with Gasteiger partial charge < -0.3 is 14.7 Å². The Kier molecular flexibility index (Phi) is 4.74. The fourth-order valence-corrected chi connectivity index (χ4v) is 3.18. The number of aliphatic carboxylic acids is 1. The lowest BCUT2D eigenvalue weighted by atomic mass is 10.0. The highest BCUT2D eigenvalue weighted by molar-refractivity contribution is 5.95. The van der Waals surface area contributed by atoms with Crippen molar-refractivity contribution in [3.8, 4) is 5.75 Å². The molecule has 5 heteroatoms. The van der Waals surface area contributed by atoms with Crippen molar-refractivity contribution in [3.63, 3.8) is 0 Å². The van der Waals surface area contributed by atoms with Gasteiger partial charge in [-0.25, -0.2) is 4.79 Å². The predicted molar refractivity (Wildman–Crippen MR) is 83.3 cm³/mol. The molecule has 1 aromatic carbocycles. The maximum absolute atomic E-state index is 12.7. The van der Waals surface area contributed by atoms with Crippen LogP contribution in [0.25, 0.3) is 0 Å². The molecule has 1 aliphatic heterocycles. The van der Waals surface area contributed by atoms with Gasteiger partial charge in [-0.15, -0.1) is 0 Å². The maximum Gasteiger partial charge on any atom is 0.341 e. The molecule has 1 amide bonds. The van der Waals surface area contributed by atoms with E-state index in [2.05, 4.69) is 13.8 Å². The summed E-state index contributed by atoms with van der Waals surface area (Å²) >= 11 is 0. The lowest BCUT2D eigenvalue weighted by molar-refractivity contribution is -0.139. The molecule has 2 rings (SSSR count). The van der Waals surface area contributed by atoms with Gasteiger partial charge in [0.1, 0.15) is 5.75 Å². The molecule has 1 heterocycles. The van der Waals surface area contributed by atoms with Gasteiger partial charge in [0.05, 0.1) is 0 Å². The third-order valence-electron chi connectivity index (χ3n) is 4.09. The van der Waals surface area contributed by atoms with Crippen LogP contribution in [0, 0.1) is 19.8 Å². The van der Waals surface area contributed by atoms with Gasteiger partial charge in [0.2, 0.25) is 0 Å². The van der Waals surface area contributed by atoms with E-state index in [0.717, 1.165) is 24.1 Å². The number of carboxylic acids is 1. The van der Waals surface area contributed by atoms with Crippen LogP contribution in [0.15, 0.2) is 12.1 Å². The molecular formula is C17H23NO4. The van der Waals surface area contributed by atoms with Crippen LogP contribution in [0.1, 0.15) is 41.8 Å². The summed E-state index contributed by atoms with van der Waals surface area (Å²) in [5.41, 5.74) is 2.20. The van der Waals surface area contributed by atoms with Crippen LogP contribution in [0.4, 0.5) is 0 Å². The van der Waals surface area contributed by atoms with Crippen molar-refractivity contribution in [2.75, 3.05) is 13.2 Å². The zero-order valence-corrected chi connectivity index (χ0v) is 13.5. The summed E-state index contributed by atoms with van der Waals surface area (Å²) in [5.74, 6) is 0.0905. The molecule has 1 fully saturated rings. The highest BCUT2D eigenvalue weighted by Crippen LogP contribution is 2.28. The second-order valence-electron chi connectivity index (χ2n) is 6.27. The van der Waals surface area contributed by atoms with Crippen LogP contribution in [0.2, 0.25) is 0 Å². The van der Waals surface area contributed by atoms with Gasteiger partial charge in [-0.05, 0) is 56.4 Å². The number of ether oxygens (including phenoxy) is 1. The molecule has 0 radical (unpaired) electrons. The highest BCUT2D eigenvalue weighted by atomic mass is 16.5. The average molecular weight is 305 g/mol. The van der Waals surface area contributed by atoms with Crippen LogP contribution in [0.5, 0.6) is 5.75 Å². The van der Waals surface area contributed by atoms with E-state index in [0.29, 0.717) is 17.2 Å². The number of amides is 1. The number of carboxylic acid groups (broad SMARTS) is 1. The Balaban J connectivity index is 2.22. The van der Waals surface area contributed by atoms with Gasteiger partial charge in [-0.3, -0.25) is 4.79 Å². The van der Waals surface area contributed by atoms with Crippen molar-refractivity contribution >= 4 is 11.9 Å². The summed E-state index contributed by atoms with van der Waals surface area (Å²) in [6.45, 7) is 8.30. The first-order chi connectivity index (χ1) is 10.3. The normalized spacial score (nSPS) is 21.0. The van der Waals surface area contributed by atoms with E-state index in [1.165, 1.54) is 0 Å². The number of aryl methyl sites for hydroxylation is 2. The summed E-state index contributed by atoms with van der Waals surface area (Å²) in [4.78, 5) is 25.2. The predicted octanol–water partition coefficient (Wildman–Crippen LogP) is 2.64. The van der Waals surface area contributed by atoms with Crippen LogP contribution in [-0.4, -0.2) is 41.1 Å². The van der Waals surface area contributed by atoms with Crippen molar-refractivity contribution in [1.29, 1.82) is 0 Å². The Bertz CT molecular complexity index is 573. The largest absolute Gasteiger partial charge is 0.481 e. The molecule has 2 unspecified atom stereocenters. The van der Waals surface area contributed by atoms with Crippen molar-refractivity contribution in [2.45, 2.75) is 40.2 Å². The third kappa shape index (κ3) is 3.40. The van der Waals surface area contributed by atoms with E-state index in [1.807, 2.05) is 18.7 Å². The molecule has 0 spiro atoms. The monoisotopic (exact) mass is 305 g/mol. The summed E-state index contributed by atoms with van der Waals surface area (Å²) < 4.78 is 5.30. The van der Waals surface area contributed by atoms with Crippen LogP contribution < -0.4 is 4.74 Å². The first kappa shape index (κ1) is 16.3. The Morgan fingerprint density at radius 3 is 2.32 bits per heavy atom. The number of carbonyl (C=O) groups is 2. The molecule has 0 aromatic heterocycles. The number of benzene rings is 1. The molecule has 5 nitrogen and oxygen atoms in total. The molecule has 1 saturated heterocycles. The average Bonchev–Trinajstić information content (AvgIpc) is 2.75. The third-order valence-corrected chi connectivity index (χ3v) is 4.09. The number of rotatable bonds is 4. The SMILES string of the molecule is Cc1cc(C(=O)N2CC(C)CC2C)cc(C)c1OCC(=O)O. The van der Waals surface area contributed by atoms with Crippen molar-refractivity contribution in [3.05, 3.63) is 28.8 Å². The van der Waals surface area contributed by atoms with Gasteiger partial charge in [-0.2, -0.15) is 0 Å². The van der Waals surface area contributed by atoms with Gasteiger partial charge in [0.25, 0.3) is 5.91 Å². The smallest absolute Gasteiger partial charge is 0.341 e. The molecule has 22 heavy (non-hydrogen) atoms. The fourth-order valence-electron chi connectivity index (χ4n) is 3.18. The quantitative estimate of drug-likeness (QED) is 0.928. The summed E-state index contributed by atoms with van der Waals surface area (Å²) in [6, 6.07) is 3.82. The van der Waals surface area contributed by atoms with Gasteiger partial charge >= 0.3 is 5.97 Å². The number of carbonyl (C=O) groups excluding carboxylic acids is 1. The Morgan fingerprint density at radius 2 is 1.86 bits per heavy atom. The van der Waals surface area contributed by atoms with Crippen LogP contribution >= 0.6 is 0 Å². The van der Waals surface area contributed by atoms with E-state index in [9.17, 15) is 9.59 Å². The Labute approximate surface area is 130 Å². The molecule has 120 valence electrons. The first-order valence-electron chi connectivity index (χ1n) is 7.56. The van der Waals surface area contributed by atoms with Gasteiger partial charge in [0, 0.05) is 18.2 Å². The second kappa shape index (κ2) is 6.38. The fraction of sp³-hybridized carbons (Fsp3) is 0.529. The zero-order valence-electron chi connectivity index (χ0n) is 13.5. The van der Waals surface area contributed by atoms with E-state index in [4.69, 9.17) is 9.84 Å². The molecular weight excluding hydrogens is 282 g/mol. The lowest BCUT2D eigenvalue weighted by Gasteiger charge is -2.22. The minimum Gasteiger partial charge on any atom is -0.481 e. The number of likely N-dealkylation sites (tertiary alicyclic amines) is 1. The van der Waals surface area contributed by atoms with Gasteiger partial charge in [-0.1, -0.05) is 6.92 Å². The number of hydrogen-bond acceptors (Lipinski definition) is 3. The van der Waals surface area contributed by atoms with Crippen LogP contribution in [-0.2, 0) is 4.79 Å². The minimum absolute atomic E-state index is 0.0350. The van der Waals surface area contributed by atoms with Crippen LogP contribution in [0.3, 0.4) is 0 Å². The summed E-state index contributed by atoms with van der Waals surface area (Å²) in [7, 11) is 0. The summed E-state index contributed by atoms with van der Waals surface area (Å²) in [5, 5.41) is 8.71.